The predicted molar refractivity (Wildman–Crippen MR) is 123 cm³/mol. The van der Waals surface area contributed by atoms with Crippen molar-refractivity contribution in [3.8, 4) is 0 Å². The first-order valence-corrected chi connectivity index (χ1v) is 12.2. The third kappa shape index (κ3) is 4.99. The van der Waals surface area contributed by atoms with Gasteiger partial charge in [0.25, 0.3) is 0 Å². The number of aromatic amines is 1. The molecule has 1 fully saturated rings. The summed E-state index contributed by atoms with van der Waals surface area (Å²) in [6.07, 6.45) is 5.45. The molecule has 1 aliphatic rings. The molecule has 1 aliphatic heterocycles. The summed E-state index contributed by atoms with van der Waals surface area (Å²) < 4.78 is 33.3. The van der Waals surface area contributed by atoms with Crippen LogP contribution in [-0.2, 0) is 21.2 Å². The Morgan fingerprint density at radius 3 is 2.55 bits per heavy atom. The van der Waals surface area contributed by atoms with E-state index in [1.807, 2.05) is 30.5 Å². The van der Waals surface area contributed by atoms with Crippen molar-refractivity contribution in [2.24, 2.45) is 0 Å². The van der Waals surface area contributed by atoms with E-state index in [0.29, 0.717) is 31.7 Å². The number of nitrogens with zero attached hydrogens (tertiary/aromatic N) is 1. The van der Waals surface area contributed by atoms with Gasteiger partial charge in [0.2, 0.25) is 10.0 Å². The summed E-state index contributed by atoms with van der Waals surface area (Å²) in [5.41, 5.74) is 6.61. The van der Waals surface area contributed by atoms with Gasteiger partial charge in [-0.2, -0.15) is 0 Å². The predicted octanol–water partition coefficient (Wildman–Crippen LogP) is 4.32. The van der Waals surface area contributed by atoms with Gasteiger partial charge in [-0.1, -0.05) is 30.3 Å². The van der Waals surface area contributed by atoms with E-state index >= 15 is 0 Å². The highest BCUT2D eigenvalue weighted by Gasteiger charge is 2.27. The van der Waals surface area contributed by atoms with Crippen LogP contribution in [0.1, 0.15) is 46.7 Å². The fourth-order valence-electron chi connectivity index (χ4n) is 4.17. The number of H-pyrrole nitrogens is 1. The number of sulfonamides is 1. The minimum absolute atomic E-state index is 0.146. The van der Waals surface area contributed by atoms with Gasteiger partial charge in [-0.3, -0.25) is 4.72 Å². The molecule has 2 heterocycles. The lowest BCUT2D eigenvalue weighted by atomic mass is 9.85. The van der Waals surface area contributed by atoms with Crippen LogP contribution in [0.3, 0.4) is 0 Å². The first kappa shape index (κ1) is 21.6. The van der Waals surface area contributed by atoms with Crippen LogP contribution in [-0.4, -0.2) is 36.8 Å². The van der Waals surface area contributed by atoms with Crippen molar-refractivity contribution in [3.05, 3.63) is 82.9 Å². The first-order valence-electron chi connectivity index (χ1n) is 10.7. The van der Waals surface area contributed by atoms with Gasteiger partial charge in [0.1, 0.15) is 0 Å². The first-order chi connectivity index (χ1) is 14.9. The molecule has 1 unspecified atom stereocenters. The minimum atomic E-state index is -3.40. The lowest BCUT2D eigenvalue weighted by molar-refractivity contribution is 0.0984. The molecule has 6 nitrogen and oxygen atoms in total. The molecule has 0 radical (unpaired) electrons. The minimum Gasteiger partial charge on any atom is -0.381 e. The van der Waals surface area contributed by atoms with Gasteiger partial charge in [-0.25, -0.2) is 13.4 Å². The normalized spacial score (nSPS) is 16.2. The number of hydrogen-bond acceptors (Lipinski definition) is 4. The van der Waals surface area contributed by atoms with Crippen LogP contribution >= 0.6 is 0 Å². The molecule has 2 aromatic carbocycles. The highest BCUT2D eigenvalue weighted by Crippen LogP contribution is 2.31. The molecular formula is C24H29N3O3S. The second-order valence-electron chi connectivity index (χ2n) is 8.21. The summed E-state index contributed by atoms with van der Waals surface area (Å²) in [5, 5.41) is -0.394. The van der Waals surface area contributed by atoms with Gasteiger partial charge in [0.15, 0.2) is 0 Å². The number of benzene rings is 2. The Bertz CT molecular complexity index is 1100. The smallest absolute Gasteiger partial charge is 0.235 e. The second kappa shape index (κ2) is 9.24. The fraction of sp³-hybridized carbons (Fsp3) is 0.375. The zero-order valence-corrected chi connectivity index (χ0v) is 18.8. The number of nitrogens with one attached hydrogen (secondary N) is 2. The van der Waals surface area contributed by atoms with Crippen LogP contribution in [0, 0.1) is 13.8 Å². The Labute approximate surface area is 184 Å². The Balaban J connectivity index is 1.53. The summed E-state index contributed by atoms with van der Waals surface area (Å²) in [7, 11) is -3.40. The van der Waals surface area contributed by atoms with E-state index in [1.54, 1.807) is 6.33 Å². The highest BCUT2D eigenvalue weighted by atomic mass is 32.2. The van der Waals surface area contributed by atoms with Crippen molar-refractivity contribution in [3.63, 3.8) is 0 Å². The zero-order chi connectivity index (χ0) is 21.8. The van der Waals surface area contributed by atoms with Crippen molar-refractivity contribution >= 4 is 15.7 Å². The van der Waals surface area contributed by atoms with E-state index in [4.69, 9.17) is 4.74 Å². The van der Waals surface area contributed by atoms with E-state index in [0.717, 1.165) is 17.7 Å². The quantitative estimate of drug-likeness (QED) is 0.574. The fourth-order valence-corrected chi connectivity index (χ4v) is 5.62. The maximum atomic E-state index is 12.6. The average molecular weight is 440 g/mol. The maximum absolute atomic E-state index is 12.6. The molecule has 0 bridgehead atoms. The van der Waals surface area contributed by atoms with Crippen LogP contribution in [0.15, 0.2) is 55.0 Å². The van der Waals surface area contributed by atoms with Crippen molar-refractivity contribution in [2.75, 3.05) is 17.9 Å². The maximum Gasteiger partial charge on any atom is 0.235 e. The number of anilines is 1. The van der Waals surface area contributed by atoms with E-state index in [2.05, 4.69) is 46.7 Å². The summed E-state index contributed by atoms with van der Waals surface area (Å²) in [6.45, 7) is 5.28. The molecule has 1 atom stereocenters. The van der Waals surface area contributed by atoms with Gasteiger partial charge in [-0.05, 0) is 67.5 Å². The molecule has 0 saturated carbocycles. The molecule has 1 aromatic heterocycles. The summed E-state index contributed by atoms with van der Waals surface area (Å²) in [6, 6.07) is 14.1. The SMILES string of the molecule is Cc1cccc(C(Cc2ccc(NS(=O)(=O)C3CCOCC3)cc2)c2cnc[nH]2)c1C. The lowest BCUT2D eigenvalue weighted by Crippen LogP contribution is -2.33. The van der Waals surface area contributed by atoms with Gasteiger partial charge >= 0.3 is 0 Å². The van der Waals surface area contributed by atoms with Crippen LogP contribution in [0.25, 0.3) is 0 Å². The van der Waals surface area contributed by atoms with E-state index in [-0.39, 0.29) is 5.92 Å². The summed E-state index contributed by atoms with van der Waals surface area (Å²) in [5.74, 6) is 0.146. The number of hydrogen-bond donors (Lipinski definition) is 2. The van der Waals surface area contributed by atoms with Crippen molar-refractivity contribution in [2.45, 2.75) is 44.3 Å². The lowest BCUT2D eigenvalue weighted by Gasteiger charge is -2.23. The van der Waals surface area contributed by atoms with Gasteiger partial charge in [0.05, 0.1) is 11.6 Å². The number of rotatable bonds is 7. The Morgan fingerprint density at radius 1 is 1.13 bits per heavy atom. The Morgan fingerprint density at radius 2 is 1.87 bits per heavy atom. The van der Waals surface area contributed by atoms with Gasteiger partial charge in [-0.15, -0.1) is 0 Å². The molecule has 4 rings (SSSR count). The van der Waals surface area contributed by atoms with E-state index in [1.165, 1.54) is 16.7 Å². The standard InChI is InChI=1S/C24H29N3O3S/c1-17-4-3-5-22(18(17)2)23(24-15-25-16-26-24)14-19-6-8-20(9-7-19)27-31(28,29)21-10-12-30-13-11-21/h3-9,15-16,21,23,27H,10-14H2,1-2H3,(H,25,26). The molecular weight excluding hydrogens is 410 g/mol. The van der Waals surface area contributed by atoms with Crippen molar-refractivity contribution < 1.29 is 13.2 Å². The second-order valence-corrected chi connectivity index (χ2v) is 10.2. The van der Waals surface area contributed by atoms with E-state index in [9.17, 15) is 8.42 Å². The molecule has 3 aromatic rings. The molecule has 31 heavy (non-hydrogen) atoms. The number of imidazole rings is 1. The molecule has 0 aliphatic carbocycles. The Kier molecular flexibility index (Phi) is 6.43. The molecule has 7 heteroatoms. The van der Waals surface area contributed by atoms with Crippen LogP contribution in [0.4, 0.5) is 5.69 Å². The molecule has 2 N–H and O–H groups in total. The third-order valence-electron chi connectivity index (χ3n) is 6.18. The molecule has 0 spiro atoms. The third-order valence-corrected chi connectivity index (χ3v) is 8.05. The number of ether oxygens (including phenoxy) is 1. The zero-order valence-electron chi connectivity index (χ0n) is 18.0. The van der Waals surface area contributed by atoms with Crippen molar-refractivity contribution in [1.29, 1.82) is 0 Å². The van der Waals surface area contributed by atoms with Crippen LogP contribution in [0.2, 0.25) is 0 Å². The van der Waals surface area contributed by atoms with Crippen LogP contribution in [0.5, 0.6) is 0 Å². The molecule has 1 saturated heterocycles. The summed E-state index contributed by atoms with van der Waals surface area (Å²) >= 11 is 0. The molecule has 164 valence electrons. The van der Waals surface area contributed by atoms with Crippen LogP contribution < -0.4 is 4.72 Å². The molecule has 0 amide bonds. The highest BCUT2D eigenvalue weighted by molar-refractivity contribution is 7.93. The monoisotopic (exact) mass is 439 g/mol. The summed E-state index contributed by atoms with van der Waals surface area (Å²) in [4.78, 5) is 7.49. The largest absolute Gasteiger partial charge is 0.381 e. The average Bonchev–Trinajstić information content (AvgIpc) is 3.31. The number of aromatic nitrogens is 2. The van der Waals surface area contributed by atoms with E-state index < -0.39 is 15.3 Å². The van der Waals surface area contributed by atoms with Gasteiger partial charge < -0.3 is 9.72 Å². The Hall–Kier alpha value is -2.64. The van der Waals surface area contributed by atoms with Crippen molar-refractivity contribution in [1.82, 2.24) is 9.97 Å². The number of aryl methyl sites for hydroxylation is 1. The van der Waals surface area contributed by atoms with Gasteiger partial charge in [0, 0.05) is 36.7 Å². The topological polar surface area (TPSA) is 84.1 Å².